The summed E-state index contributed by atoms with van der Waals surface area (Å²) < 4.78 is 0. The minimum Gasteiger partial charge on any atom is -0.371 e. The molecule has 5 heteroatoms. The zero-order valence-corrected chi connectivity index (χ0v) is 14.5. The summed E-state index contributed by atoms with van der Waals surface area (Å²) in [5, 5.41) is 1.84. The van der Waals surface area contributed by atoms with Crippen LogP contribution in [0, 0.1) is 5.92 Å². The monoisotopic (exact) mass is 343 g/mol. The molecule has 24 heavy (non-hydrogen) atoms. The van der Waals surface area contributed by atoms with Crippen molar-refractivity contribution in [2.45, 2.75) is 25.7 Å². The standard InChI is InChI=1S/C19H22ClN3O/c20-15-3-4-16-17(13-15)21-8-5-18(16)22-11-6-14(7-12-22)19(24)23-9-1-2-10-23/h3-5,8,13-14H,1-2,6-7,9-12H2. The average Bonchev–Trinajstić information content (AvgIpc) is 3.15. The fraction of sp³-hybridized carbons (Fsp3) is 0.474. The number of amides is 1. The number of carbonyl (C=O) groups is 1. The van der Waals surface area contributed by atoms with Gasteiger partial charge in [-0.1, -0.05) is 11.6 Å². The summed E-state index contributed by atoms with van der Waals surface area (Å²) in [6, 6.07) is 7.93. The molecule has 2 fully saturated rings. The van der Waals surface area contributed by atoms with Crippen molar-refractivity contribution in [1.29, 1.82) is 0 Å². The maximum Gasteiger partial charge on any atom is 0.225 e. The first-order chi connectivity index (χ1) is 11.7. The third-order valence-electron chi connectivity index (χ3n) is 5.28. The third-order valence-corrected chi connectivity index (χ3v) is 5.52. The highest BCUT2D eigenvalue weighted by Gasteiger charge is 2.30. The molecule has 0 radical (unpaired) electrons. The molecular weight excluding hydrogens is 322 g/mol. The van der Waals surface area contributed by atoms with E-state index in [1.807, 2.05) is 24.4 Å². The Morgan fingerprint density at radius 1 is 1.08 bits per heavy atom. The van der Waals surface area contributed by atoms with Crippen LogP contribution in [-0.2, 0) is 4.79 Å². The zero-order valence-electron chi connectivity index (χ0n) is 13.7. The van der Waals surface area contributed by atoms with Crippen molar-refractivity contribution in [2.75, 3.05) is 31.1 Å². The molecule has 1 aromatic carbocycles. The average molecular weight is 344 g/mol. The van der Waals surface area contributed by atoms with Gasteiger partial charge in [0.05, 0.1) is 5.52 Å². The summed E-state index contributed by atoms with van der Waals surface area (Å²) >= 11 is 6.08. The Hall–Kier alpha value is -1.81. The van der Waals surface area contributed by atoms with E-state index in [2.05, 4.69) is 20.9 Å². The number of fused-ring (bicyclic) bond motifs is 1. The van der Waals surface area contributed by atoms with E-state index in [0.717, 1.165) is 62.8 Å². The van der Waals surface area contributed by atoms with Gasteiger partial charge in [0.25, 0.3) is 0 Å². The van der Waals surface area contributed by atoms with Crippen molar-refractivity contribution < 1.29 is 4.79 Å². The number of pyridine rings is 1. The minimum atomic E-state index is 0.196. The molecule has 4 rings (SSSR count). The Labute approximate surface area is 147 Å². The van der Waals surface area contributed by atoms with Crippen LogP contribution < -0.4 is 4.90 Å². The van der Waals surface area contributed by atoms with Crippen LogP contribution in [0.25, 0.3) is 10.9 Å². The highest BCUT2D eigenvalue weighted by atomic mass is 35.5. The Morgan fingerprint density at radius 3 is 2.58 bits per heavy atom. The highest BCUT2D eigenvalue weighted by Crippen LogP contribution is 2.31. The van der Waals surface area contributed by atoms with Crippen molar-refractivity contribution in [2.24, 2.45) is 5.92 Å². The van der Waals surface area contributed by atoms with E-state index in [1.54, 1.807) is 0 Å². The first-order valence-electron chi connectivity index (χ1n) is 8.80. The molecule has 0 unspecified atom stereocenters. The first-order valence-corrected chi connectivity index (χ1v) is 9.18. The minimum absolute atomic E-state index is 0.196. The summed E-state index contributed by atoms with van der Waals surface area (Å²) in [7, 11) is 0. The number of benzene rings is 1. The van der Waals surface area contributed by atoms with Crippen LogP contribution in [0.3, 0.4) is 0 Å². The van der Waals surface area contributed by atoms with Crippen LogP contribution in [0.2, 0.25) is 5.02 Å². The van der Waals surface area contributed by atoms with E-state index in [-0.39, 0.29) is 5.92 Å². The van der Waals surface area contributed by atoms with Gasteiger partial charge >= 0.3 is 0 Å². The van der Waals surface area contributed by atoms with Crippen LogP contribution in [0.5, 0.6) is 0 Å². The van der Waals surface area contributed by atoms with E-state index < -0.39 is 0 Å². The second-order valence-corrected chi connectivity index (χ2v) is 7.22. The molecule has 126 valence electrons. The molecule has 0 saturated carbocycles. The molecule has 2 aliphatic heterocycles. The van der Waals surface area contributed by atoms with E-state index >= 15 is 0 Å². The summed E-state index contributed by atoms with van der Waals surface area (Å²) in [6.45, 7) is 3.75. The van der Waals surface area contributed by atoms with Gasteiger partial charge in [0.15, 0.2) is 0 Å². The lowest BCUT2D eigenvalue weighted by Gasteiger charge is -2.35. The fourth-order valence-corrected chi connectivity index (χ4v) is 4.11. The van der Waals surface area contributed by atoms with E-state index in [1.165, 1.54) is 5.69 Å². The highest BCUT2D eigenvalue weighted by molar-refractivity contribution is 6.31. The van der Waals surface area contributed by atoms with Crippen LogP contribution in [0.4, 0.5) is 5.69 Å². The normalized spacial score (nSPS) is 19.2. The number of halogens is 1. The first kappa shape index (κ1) is 15.7. The number of piperidine rings is 1. The molecule has 2 saturated heterocycles. The van der Waals surface area contributed by atoms with Crippen molar-refractivity contribution in [1.82, 2.24) is 9.88 Å². The third kappa shape index (κ3) is 2.95. The van der Waals surface area contributed by atoms with Gasteiger partial charge in [-0.15, -0.1) is 0 Å². The van der Waals surface area contributed by atoms with Gasteiger partial charge in [0.1, 0.15) is 0 Å². The summed E-state index contributed by atoms with van der Waals surface area (Å²) in [5.74, 6) is 0.570. The van der Waals surface area contributed by atoms with Crippen LogP contribution in [0.1, 0.15) is 25.7 Å². The summed E-state index contributed by atoms with van der Waals surface area (Å²) in [5.41, 5.74) is 2.12. The predicted molar refractivity (Wildman–Crippen MR) is 97.5 cm³/mol. The van der Waals surface area contributed by atoms with Gasteiger partial charge in [-0.25, -0.2) is 0 Å². The number of rotatable bonds is 2. The van der Waals surface area contributed by atoms with Gasteiger partial charge in [0.2, 0.25) is 5.91 Å². The number of carbonyl (C=O) groups excluding carboxylic acids is 1. The molecule has 0 spiro atoms. The van der Waals surface area contributed by atoms with Crippen molar-refractivity contribution >= 4 is 34.1 Å². The van der Waals surface area contributed by atoms with Gasteiger partial charge in [-0.05, 0) is 49.9 Å². The Bertz CT molecular complexity index is 749. The summed E-state index contributed by atoms with van der Waals surface area (Å²) in [6.07, 6.45) is 6.04. The number of hydrogen-bond donors (Lipinski definition) is 0. The lowest BCUT2D eigenvalue weighted by Crippen LogP contribution is -2.41. The molecule has 0 atom stereocenters. The zero-order chi connectivity index (χ0) is 16.5. The number of likely N-dealkylation sites (tertiary alicyclic amines) is 1. The largest absolute Gasteiger partial charge is 0.371 e. The van der Waals surface area contributed by atoms with Crippen molar-refractivity contribution in [3.8, 4) is 0 Å². The lowest BCUT2D eigenvalue weighted by molar-refractivity contribution is -0.135. The van der Waals surface area contributed by atoms with Crippen LogP contribution in [0.15, 0.2) is 30.5 Å². The molecule has 1 amide bonds. The van der Waals surface area contributed by atoms with Crippen LogP contribution in [-0.4, -0.2) is 42.0 Å². The maximum absolute atomic E-state index is 12.6. The van der Waals surface area contributed by atoms with Crippen LogP contribution >= 0.6 is 11.6 Å². The molecule has 3 heterocycles. The topological polar surface area (TPSA) is 36.4 Å². The Balaban J connectivity index is 1.49. The smallest absolute Gasteiger partial charge is 0.225 e. The lowest BCUT2D eigenvalue weighted by atomic mass is 9.94. The van der Waals surface area contributed by atoms with E-state index in [0.29, 0.717) is 10.9 Å². The predicted octanol–water partition coefficient (Wildman–Crippen LogP) is 3.73. The quantitative estimate of drug-likeness (QED) is 0.833. The molecule has 0 N–H and O–H groups in total. The number of anilines is 1. The SMILES string of the molecule is O=C(C1CCN(c2ccnc3cc(Cl)ccc23)CC1)N1CCCC1. The molecule has 4 nitrogen and oxygen atoms in total. The molecule has 2 aliphatic rings. The maximum atomic E-state index is 12.6. The fourth-order valence-electron chi connectivity index (χ4n) is 3.94. The molecular formula is C19H22ClN3O. The molecule has 1 aromatic heterocycles. The van der Waals surface area contributed by atoms with Crippen molar-refractivity contribution in [3.05, 3.63) is 35.5 Å². The van der Waals surface area contributed by atoms with Crippen molar-refractivity contribution in [3.63, 3.8) is 0 Å². The van der Waals surface area contributed by atoms with Gasteiger partial charge < -0.3 is 9.80 Å². The van der Waals surface area contributed by atoms with Gasteiger partial charge in [-0.3, -0.25) is 9.78 Å². The Morgan fingerprint density at radius 2 is 1.83 bits per heavy atom. The summed E-state index contributed by atoms with van der Waals surface area (Å²) in [4.78, 5) is 21.4. The number of hydrogen-bond acceptors (Lipinski definition) is 3. The Kier molecular flexibility index (Phi) is 4.31. The molecule has 0 aliphatic carbocycles. The second-order valence-electron chi connectivity index (χ2n) is 6.79. The van der Waals surface area contributed by atoms with E-state index in [4.69, 9.17) is 11.6 Å². The number of aromatic nitrogens is 1. The van der Waals surface area contributed by atoms with E-state index in [9.17, 15) is 4.79 Å². The molecule has 0 bridgehead atoms. The van der Waals surface area contributed by atoms with Gasteiger partial charge in [0, 0.05) is 54.4 Å². The van der Waals surface area contributed by atoms with Gasteiger partial charge in [-0.2, -0.15) is 0 Å². The second kappa shape index (κ2) is 6.60. The molecule has 2 aromatic rings. The number of nitrogens with zero attached hydrogens (tertiary/aromatic N) is 3.